The second-order valence-corrected chi connectivity index (χ2v) is 14.0. The van der Waals surface area contributed by atoms with Gasteiger partial charge >= 0.3 is 0 Å². The standard InChI is InChI=1S/C36H47N3O5S/c1-27-14-11-21-33(28(27)2)39(45(4,42)43)23-13-22-35(40)38(26-30-17-12-20-32(24-30)44-3)34(25-29-15-7-5-8-16-29)36(41)37-31-18-9-6-10-19-31/h5,7-8,11-12,14-17,20-21,24,31,34H,6,9-10,13,18-19,22-23,25-26H2,1-4H3,(H,37,41)/t34-/m0/s1. The number of carbonyl (C=O) groups is 2. The summed E-state index contributed by atoms with van der Waals surface area (Å²) in [5, 5.41) is 3.27. The van der Waals surface area contributed by atoms with Crippen molar-refractivity contribution in [3.8, 4) is 5.75 Å². The van der Waals surface area contributed by atoms with Gasteiger partial charge in [0.2, 0.25) is 21.8 Å². The lowest BCUT2D eigenvalue weighted by Crippen LogP contribution is -2.52. The van der Waals surface area contributed by atoms with Crippen molar-refractivity contribution in [3.05, 3.63) is 95.1 Å². The monoisotopic (exact) mass is 633 g/mol. The Kier molecular flexibility index (Phi) is 12.0. The molecule has 0 heterocycles. The Morgan fingerprint density at radius 3 is 2.31 bits per heavy atom. The third kappa shape index (κ3) is 9.57. The highest BCUT2D eigenvalue weighted by atomic mass is 32.2. The molecule has 0 aromatic heterocycles. The number of rotatable bonds is 14. The molecule has 0 radical (unpaired) electrons. The van der Waals surface area contributed by atoms with Crippen LogP contribution in [0.2, 0.25) is 0 Å². The van der Waals surface area contributed by atoms with E-state index in [0.29, 0.717) is 24.3 Å². The number of hydrogen-bond donors (Lipinski definition) is 1. The zero-order chi connectivity index (χ0) is 32.4. The van der Waals surface area contributed by atoms with Crippen LogP contribution in [0.3, 0.4) is 0 Å². The van der Waals surface area contributed by atoms with E-state index >= 15 is 0 Å². The Morgan fingerprint density at radius 1 is 0.933 bits per heavy atom. The number of amides is 2. The maximum Gasteiger partial charge on any atom is 0.243 e. The van der Waals surface area contributed by atoms with Gasteiger partial charge in [0.05, 0.1) is 19.1 Å². The van der Waals surface area contributed by atoms with Crippen LogP contribution in [0.4, 0.5) is 5.69 Å². The molecule has 3 aromatic carbocycles. The molecule has 0 saturated heterocycles. The fourth-order valence-corrected chi connectivity index (χ4v) is 7.07. The third-order valence-corrected chi connectivity index (χ3v) is 9.89. The minimum atomic E-state index is -3.59. The number of benzene rings is 3. The fourth-order valence-electron chi connectivity index (χ4n) is 6.05. The molecule has 4 rings (SSSR count). The van der Waals surface area contributed by atoms with E-state index < -0.39 is 16.1 Å². The van der Waals surface area contributed by atoms with Crippen molar-refractivity contribution in [3.63, 3.8) is 0 Å². The number of sulfonamides is 1. The summed E-state index contributed by atoms with van der Waals surface area (Å²) in [4.78, 5) is 29.9. The summed E-state index contributed by atoms with van der Waals surface area (Å²) in [5.41, 5.74) is 4.31. The average Bonchev–Trinajstić information content (AvgIpc) is 3.03. The molecular weight excluding hydrogens is 586 g/mol. The molecule has 0 aliphatic heterocycles. The molecule has 2 amide bonds. The predicted octanol–water partition coefficient (Wildman–Crippen LogP) is 5.95. The first-order chi connectivity index (χ1) is 21.6. The second kappa shape index (κ2) is 15.9. The van der Waals surface area contributed by atoms with E-state index in [-0.39, 0.29) is 37.4 Å². The zero-order valence-electron chi connectivity index (χ0n) is 27.0. The third-order valence-electron chi connectivity index (χ3n) is 8.71. The topological polar surface area (TPSA) is 96.0 Å². The Morgan fingerprint density at radius 2 is 1.62 bits per heavy atom. The van der Waals surface area contributed by atoms with Gasteiger partial charge in [0.25, 0.3) is 0 Å². The molecule has 3 aromatic rings. The minimum absolute atomic E-state index is 0.0862. The van der Waals surface area contributed by atoms with Crippen molar-refractivity contribution in [2.24, 2.45) is 0 Å². The van der Waals surface area contributed by atoms with E-state index in [2.05, 4.69) is 5.32 Å². The zero-order valence-corrected chi connectivity index (χ0v) is 27.8. The van der Waals surface area contributed by atoms with Gasteiger partial charge in [-0.15, -0.1) is 0 Å². The number of aryl methyl sites for hydroxylation is 1. The van der Waals surface area contributed by atoms with Gasteiger partial charge < -0.3 is 15.0 Å². The summed E-state index contributed by atoms with van der Waals surface area (Å²) in [6.45, 7) is 4.23. The van der Waals surface area contributed by atoms with Crippen molar-refractivity contribution < 1.29 is 22.7 Å². The molecule has 1 N–H and O–H groups in total. The number of anilines is 1. The van der Waals surface area contributed by atoms with Crippen LogP contribution in [0, 0.1) is 13.8 Å². The fraction of sp³-hybridized carbons (Fsp3) is 0.444. The maximum absolute atomic E-state index is 14.2. The molecule has 1 saturated carbocycles. The van der Waals surface area contributed by atoms with Crippen molar-refractivity contribution >= 4 is 27.5 Å². The minimum Gasteiger partial charge on any atom is -0.497 e. The van der Waals surface area contributed by atoms with Crippen molar-refractivity contribution in [1.82, 2.24) is 10.2 Å². The summed E-state index contributed by atoms with van der Waals surface area (Å²) < 4.78 is 32.5. The molecule has 1 aliphatic rings. The van der Waals surface area contributed by atoms with Crippen LogP contribution in [0.25, 0.3) is 0 Å². The van der Waals surface area contributed by atoms with Crippen LogP contribution in [0.15, 0.2) is 72.8 Å². The summed E-state index contributed by atoms with van der Waals surface area (Å²) in [7, 11) is -1.99. The molecule has 9 heteroatoms. The van der Waals surface area contributed by atoms with Gasteiger partial charge in [-0.25, -0.2) is 8.42 Å². The number of ether oxygens (including phenoxy) is 1. The largest absolute Gasteiger partial charge is 0.497 e. The van der Waals surface area contributed by atoms with Gasteiger partial charge in [0, 0.05) is 32.0 Å². The summed E-state index contributed by atoms with van der Waals surface area (Å²) >= 11 is 0. The van der Waals surface area contributed by atoms with Crippen LogP contribution >= 0.6 is 0 Å². The highest BCUT2D eigenvalue weighted by molar-refractivity contribution is 7.92. The van der Waals surface area contributed by atoms with E-state index in [0.717, 1.165) is 47.9 Å². The van der Waals surface area contributed by atoms with Crippen molar-refractivity contribution in [2.75, 3.05) is 24.2 Å². The predicted molar refractivity (Wildman–Crippen MR) is 180 cm³/mol. The SMILES string of the molecule is COc1cccc(CN(C(=O)CCCN(c2cccc(C)c2C)S(C)(=O)=O)[C@@H](Cc2ccccc2)C(=O)NC2CCCCC2)c1. The number of nitrogens with zero attached hydrogens (tertiary/aromatic N) is 2. The lowest BCUT2D eigenvalue weighted by atomic mass is 9.94. The number of hydrogen-bond acceptors (Lipinski definition) is 5. The highest BCUT2D eigenvalue weighted by Crippen LogP contribution is 2.26. The molecule has 45 heavy (non-hydrogen) atoms. The molecule has 1 atom stereocenters. The van der Waals surface area contributed by atoms with Gasteiger partial charge in [-0.1, -0.05) is 73.9 Å². The molecule has 8 nitrogen and oxygen atoms in total. The van der Waals surface area contributed by atoms with Gasteiger partial charge in [0.1, 0.15) is 11.8 Å². The van der Waals surface area contributed by atoms with E-state index in [1.54, 1.807) is 18.1 Å². The Hall–Kier alpha value is -3.85. The smallest absolute Gasteiger partial charge is 0.243 e. The summed E-state index contributed by atoms with van der Waals surface area (Å²) in [6.07, 6.45) is 7.16. The molecule has 1 aliphatic carbocycles. The maximum atomic E-state index is 14.2. The summed E-state index contributed by atoms with van der Waals surface area (Å²) in [6, 6.07) is 22.2. The van der Waals surface area contributed by atoms with Crippen LogP contribution in [0.1, 0.15) is 67.2 Å². The Balaban J connectivity index is 1.62. The average molecular weight is 634 g/mol. The molecule has 1 fully saturated rings. The van der Waals surface area contributed by atoms with E-state index in [1.165, 1.54) is 17.0 Å². The summed E-state index contributed by atoms with van der Waals surface area (Å²) in [5.74, 6) is 0.311. The van der Waals surface area contributed by atoms with Crippen molar-refractivity contribution in [2.45, 2.75) is 83.8 Å². The molecule has 242 valence electrons. The highest BCUT2D eigenvalue weighted by Gasteiger charge is 2.32. The van der Waals surface area contributed by atoms with Crippen molar-refractivity contribution in [1.29, 1.82) is 0 Å². The van der Waals surface area contributed by atoms with E-state index in [4.69, 9.17) is 4.74 Å². The van der Waals surface area contributed by atoms with Gasteiger partial charge in [-0.05, 0) is 73.6 Å². The van der Waals surface area contributed by atoms with Gasteiger partial charge in [0.15, 0.2) is 0 Å². The van der Waals surface area contributed by atoms with Crippen LogP contribution in [-0.4, -0.2) is 57.1 Å². The first kappa shape index (κ1) is 34.0. The number of methoxy groups -OCH3 is 1. The van der Waals surface area contributed by atoms with E-state index in [1.807, 2.05) is 80.6 Å². The number of nitrogens with one attached hydrogen (secondary N) is 1. The first-order valence-corrected chi connectivity index (χ1v) is 17.7. The van der Waals surface area contributed by atoms with Crippen LogP contribution in [-0.2, 0) is 32.6 Å². The lowest BCUT2D eigenvalue weighted by Gasteiger charge is -2.34. The van der Waals surface area contributed by atoms with Gasteiger partial charge in [-0.2, -0.15) is 0 Å². The first-order valence-electron chi connectivity index (χ1n) is 15.9. The van der Waals surface area contributed by atoms with Gasteiger partial charge in [-0.3, -0.25) is 13.9 Å². The number of carbonyl (C=O) groups excluding carboxylic acids is 2. The van der Waals surface area contributed by atoms with E-state index in [9.17, 15) is 18.0 Å². The molecule has 0 bridgehead atoms. The second-order valence-electron chi connectivity index (χ2n) is 12.1. The molecule has 0 unspecified atom stereocenters. The Labute approximate surface area is 268 Å². The Bertz CT molecular complexity index is 1540. The van der Waals surface area contributed by atoms with Crippen LogP contribution in [0.5, 0.6) is 5.75 Å². The normalized spacial score (nSPS) is 14.4. The molecular formula is C36H47N3O5S. The quantitative estimate of drug-likeness (QED) is 0.237. The lowest BCUT2D eigenvalue weighted by molar-refractivity contribution is -0.141. The molecule has 0 spiro atoms. The van der Waals surface area contributed by atoms with Crippen LogP contribution < -0.4 is 14.4 Å².